The molecule has 18 heavy (non-hydrogen) atoms. The van der Waals surface area contributed by atoms with E-state index in [1.807, 2.05) is 0 Å². The third-order valence-corrected chi connectivity index (χ3v) is 4.50. The third-order valence-electron chi connectivity index (χ3n) is 2.74. The van der Waals surface area contributed by atoms with Gasteiger partial charge in [-0.15, -0.1) is 0 Å². The van der Waals surface area contributed by atoms with Gasteiger partial charge < -0.3 is 16.4 Å². The van der Waals surface area contributed by atoms with Gasteiger partial charge in [0.2, 0.25) is 0 Å². The van der Waals surface area contributed by atoms with Gasteiger partial charge in [0.05, 0.1) is 11.5 Å². The summed E-state index contributed by atoms with van der Waals surface area (Å²) in [4.78, 5) is 11.6. The number of carbonyl (C=O) groups is 1. The van der Waals surface area contributed by atoms with Crippen LogP contribution in [0.25, 0.3) is 0 Å². The zero-order valence-corrected chi connectivity index (χ0v) is 10.5. The molecule has 2 amide bonds. The molecule has 4 N–H and O–H groups in total. The molecule has 0 aromatic heterocycles. The Labute approximate surface area is 105 Å². The number of hydrogen-bond donors (Lipinski definition) is 3. The normalized spacial score (nSPS) is 21.4. The number of hydrogen-bond acceptors (Lipinski definition) is 4. The van der Waals surface area contributed by atoms with E-state index < -0.39 is 15.9 Å². The molecule has 1 unspecified atom stereocenters. The molecular formula is C11H15N3O3S. The molecule has 0 bridgehead atoms. The van der Waals surface area contributed by atoms with Crippen LogP contribution in [-0.2, 0) is 9.84 Å². The van der Waals surface area contributed by atoms with Gasteiger partial charge in [0.25, 0.3) is 0 Å². The Morgan fingerprint density at radius 2 is 1.94 bits per heavy atom. The standard InChI is InChI=1S/C11H15N3O3S/c12-8-1-3-9(4-2-8)13-11(15)14-10-5-6-18(16,17)7-10/h1-4,10H,5-7,12H2,(H2,13,14,15). The van der Waals surface area contributed by atoms with Gasteiger partial charge >= 0.3 is 6.03 Å². The third kappa shape index (κ3) is 3.36. The van der Waals surface area contributed by atoms with Crippen molar-refractivity contribution in [3.8, 4) is 0 Å². The van der Waals surface area contributed by atoms with Crippen molar-refractivity contribution in [2.45, 2.75) is 12.5 Å². The van der Waals surface area contributed by atoms with E-state index in [1.165, 1.54) is 0 Å². The second-order valence-corrected chi connectivity index (χ2v) is 6.55. The Bertz CT molecular complexity index is 539. The van der Waals surface area contributed by atoms with E-state index in [0.717, 1.165) is 0 Å². The molecule has 6 nitrogen and oxygen atoms in total. The number of nitrogen functional groups attached to an aromatic ring is 1. The monoisotopic (exact) mass is 269 g/mol. The number of carbonyl (C=O) groups excluding carboxylic acids is 1. The molecule has 1 aliphatic heterocycles. The summed E-state index contributed by atoms with van der Waals surface area (Å²) in [5.41, 5.74) is 6.75. The van der Waals surface area contributed by atoms with Crippen molar-refractivity contribution >= 4 is 27.2 Å². The fourth-order valence-corrected chi connectivity index (χ4v) is 3.50. The van der Waals surface area contributed by atoms with Crippen LogP contribution in [0.5, 0.6) is 0 Å². The number of urea groups is 1. The fraction of sp³-hybridized carbons (Fsp3) is 0.364. The quantitative estimate of drug-likeness (QED) is 0.683. The Balaban J connectivity index is 1.88. The molecule has 98 valence electrons. The lowest BCUT2D eigenvalue weighted by atomic mass is 10.2. The lowest BCUT2D eigenvalue weighted by Crippen LogP contribution is -2.38. The van der Waals surface area contributed by atoms with Crippen LogP contribution in [0.15, 0.2) is 24.3 Å². The highest BCUT2D eigenvalue weighted by Gasteiger charge is 2.28. The number of sulfone groups is 1. The first-order valence-corrected chi connectivity index (χ1v) is 7.40. The topological polar surface area (TPSA) is 101 Å². The second kappa shape index (κ2) is 4.85. The van der Waals surface area contributed by atoms with Crippen molar-refractivity contribution in [3.63, 3.8) is 0 Å². The minimum absolute atomic E-state index is 0.0160. The van der Waals surface area contributed by atoms with Crippen LogP contribution in [0.4, 0.5) is 16.2 Å². The molecule has 7 heteroatoms. The lowest BCUT2D eigenvalue weighted by molar-refractivity contribution is 0.249. The lowest BCUT2D eigenvalue weighted by Gasteiger charge is -2.12. The molecule has 0 spiro atoms. The average Bonchev–Trinajstić information content (AvgIpc) is 2.61. The minimum Gasteiger partial charge on any atom is -0.399 e. The average molecular weight is 269 g/mol. The van der Waals surface area contributed by atoms with Crippen LogP contribution in [-0.4, -0.2) is 32.0 Å². The van der Waals surface area contributed by atoms with Gasteiger partial charge in [-0.2, -0.15) is 0 Å². The van der Waals surface area contributed by atoms with E-state index in [1.54, 1.807) is 24.3 Å². The van der Waals surface area contributed by atoms with E-state index in [4.69, 9.17) is 5.73 Å². The summed E-state index contributed by atoms with van der Waals surface area (Å²) in [5.74, 6) is 0.155. The van der Waals surface area contributed by atoms with Crippen LogP contribution in [0.3, 0.4) is 0 Å². The molecule has 0 radical (unpaired) electrons. The Morgan fingerprint density at radius 1 is 1.28 bits per heavy atom. The number of benzene rings is 1. The van der Waals surface area contributed by atoms with Gasteiger partial charge in [0.15, 0.2) is 9.84 Å². The highest BCUT2D eigenvalue weighted by Crippen LogP contribution is 2.13. The molecule has 1 atom stereocenters. The van der Waals surface area contributed by atoms with Crippen molar-refractivity contribution < 1.29 is 13.2 Å². The fourth-order valence-electron chi connectivity index (χ4n) is 1.83. The van der Waals surface area contributed by atoms with Gasteiger partial charge in [-0.05, 0) is 30.7 Å². The van der Waals surface area contributed by atoms with Crippen LogP contribution < -0.4 is 16.4 Å². The smallest absolute Gasteiger partial charge is 0.319 e. The molecule has 0 saturated carbocycles. The summed E-state index contributed by atoms with van der Waals surface area (Å²) < 4.78 is 22.5. The Kier molecular flexibility index (Phi) is 3.42. The van der Waals surface area contributed by atoms with E-state index in [-0.39, 0.29) is 17.5 Å². The van der Waals surface area contributed by atoms with Crippen LogP contribution in [0.2, 0.25) is 0 Å². The molecule has 0 aliphatic carbocycles. The van der Waals surface area contributed by atoms with Crippen molar-refractivity contribution in [2.24, 2.45) is 0 Å². The molecule has 1 aromatic rings. The summed E-state index contributed by atoms with van der Waals surface area (Å²) in [6, 6.07) is 6.01. The highest BCUT2D eigenvalue weighted by molar-refractivity contribution is 7.91. The zero-order valence-electron chi connectivity index (χ0n) is 9.72. The summed E-state index contributed by atoms with van der Waals surface area (Å²) in [6.07, 6.45) is 0.470. The Morgan fingerprint density at radius 3 is 2.50 bits per heavy atom. The predicted octanol–water partition coefficient (Wildman–Crippen LogP) is 0.577. The van der Waals surface area contributed by atoms with Crippen LogP contribution >= 0.6 is 0 Å². The van der Waals surface area contributed by atoms with Crippen molar-refractivity contribution in [3.05, 3.63) is 24.3 Å². The Hall–Kier alpha value is -1.76. The maximum Gasteiger partial charge on any atom is 0.319 e. The van der Waals surface area contributed by atoms with Gasteiger partial charge in [0, 0.05) is 17.4 Å². The number of rotatable bonds is 2. The summed E-state index contributed by atoms with van der Waals surface area (Å²) in [6.45, 7) is 0. The molecule has 1 heterocycles. The van der Waals surface area contributed by atoms with Crippen molar-refractivity contribution in [1.82, 2.24) is 5.32 Å². The summed E-state index contributed by atoms with van der Waals surface area (Å²) in [7, 11) is -2.98. The molecule has 1 fully saturated rings. The van der Waals surface area contributed by atoms with E-state index in [2.05, 4.69) is 10.6 Å². The minimum atomic E-state index is -2.98. The SMILES string of the molecule is Nc1ccc(NC(=O)NC2CCS(=O)(=O)C2)cc1. The maximum atomic E-state index is 11.6. The summed E-state index contributed by atoms with van der Waals surface area (Å²) in [5, 5.41) is 5.26. The van der Waals surface area contributed by atoms with Gasteiger partial charge in [0.1, 0.15) is 0 Å². The largest absolute Gasteiger partial charge is 0.399 e. The van der Waals surface area contributed by atoms with Crippen LogP contribution in [0.1, 0.15) is 6.42 Å². The first-order valence-electron chi connectivity index (χ1n) is 5.58. The van der Waals surface area contributed by atoms with Gasteiger partial charge in [-0.1, -0.05) is 0 Å². The first kappa shape index (κ1) is 12.7. The van der Waals surface area contributed by atoms with E-state index in [9.17, 15) is 13.2 Å². The zero-order chi connectivity index (χ0) is 13.2. The van der Waals surface area contributed by atoms with Gasteiger partial charge in [-0.3, -0.25) is 0 Å². The number of nitrogens with one attached hydrogen (secondary N) is 2. The highest BCUT2D eigenvalue weighted by atomic mass is 32.2. The van der Waals surface area contributed by atoms with E-state index in [0.29, 0.717) is 17.8 Å². The number of amides is 2. The molecule has 1 aromatic carbocycles. The van der Waals surface area contributed by atoms with Crippen molar-refractivity contribution in [1.29, 1.82) is 0 Å². The summed E-state index contributed by atoms with van der Waals surface area (Å²) >= 11 is 0. The molecule has 2 rings (SSSR count). The number of anilines is 2. The first-order chi connectivity index (χ1) is 8.44. The van der Waals surface area contributed by atoms with Crippen LogP contribution in [0, 0.1) is 0 Å². The number of nitrogens with two attached hydrogens (primary N) is 1. The second-order valence-electron chi connectivity index (χ2n) is 4.32. The molecule has 1 aliphatic rings. The molecular weight excluding hydrogens is 254 g/mol. The maximum absolute atomic E-state index is 11.6. The van der Waals surface area contributed by atoms with E-state index >= 15 is 0 Å². The van der Waals surface area contributed by atoms with Gasteiger partial charge in [-0.25, -0.2) is 13.2 Å². The molecule has 1 saturated heterocycles. The predicted molar refractivity (Wildman–Crippen MR) is 70.1 cm³/mol. The van der Waals surface area contributed by atoms with Crippen molar-refractivity contribution in [2.75, 3.05) is 22.6 Å².